The van der Waals surface area contributed by atoms with Crippen molar-refractivity contribution < 1.29 is 24.2 Å². The Morgan fingerprint density at radius 1 is 1.08 bits per heavy atom. The lowest BCUT2D eigenvalue weighted by Crippen LogP contribution is -2.44. The summed E-state index contributed by atoms with van der Waals surface area (Å²) >= 11 is 8.86. The van der Waals surface area contributed by atoms with Gasteiger partial charge in [0.1, 0.15) is 17.5 Å². The first kappa shape index (κ1) is 24.1. The van der Waals surface area contributed by atoms with Crippen LogP contribution < -0.4 is 4.74 Å². The lowest BCUT2D eigenvalue weighted by atomic mass is 9.68. The number of aliphatic carboxylic acids is 1. The topological polar surface area (TPSA) is 99.7 Å². The Balaban J connectivity index is 1.29. The maximum Gasteiger partial charge on any atom is 0.326 e. The fourth-order valence-electron chi connectivity index (χ4n) is 7.30. The van der Waals surface area contributed by atoms with E-state index in [1.165, 1.54) is 6.92 Å². The minimum Gasteiger partial charge on any atom is -0.480 e. The van der Waals surface area contributed by atoms with Gasteiger partial charge in [0.05, 0.1) is 16.9 Å². The molecule has 2 amide bonds. The molecule has 38 heavy (non-hydrogen) atoms. The standard InChI is InChI=1S/C28H24N2O5S3/c1-12(27(33)34)30-25(31)20-16-11-17(21(20)26(30)32)22-19(16)18(23-24(37-22)29-28(36)38-23)13-6-5-9-15(10-13)35-14-7-3-2-4-8-14/h2-10,12,16-22H,11H2,1H3,(H,29,36)(H,33,34). The number of carboxylic acids is 1. The third-order valence-electron chi connectivity index (χ3n) is 8.70. The molecular formula is C28H24N2O5S3. The van der Waals surface area contributed by atoms with Gasteiger partial charge in [0.25, 0.3) is 0 Å². The Hall–Kier alpha value is -2.95. The number of benzene rings is 2. The predicted octanol–water partition coefficient (Wildman–Crippen LogP) is 5.54. The molecule has 0 radical (unpaired) electrons. The summed E-state index contributed by atoms with van der Waals surface area (Å²) in [6.45, 7) is 1.42. The second-order valence-corrected chi connectivity index (χ2v) is 13.4. The van der Waals surface area contributed by atoms with E-state index in [1.54, 1.807) is 23.1 Å². The number of rotatable bonds is 5. The van der Waals surface area contributed by atoms with E-state index < -0.39 is 23.8 Å². The highest BCUT2D eigenvalue weighted by atomic mass is 32.2. The van der Waals surface area contributed by atoms with Crippen LogP contribution in [-0.4, -0.2) is 44.1 Å². The molecule has 10 heteroatoms. The average molecular weight is 565 g/mol. The van der Waals surface area contributed by atoms with Gasteiger partial charge in [-0.1, -0.05) is 30.3 Å². The van der Waals surface area contributed by atoms with Gasteiger partial charge in [0.15, 0.2) is 3.95 Å². The largest absolute Gasteiger partial charge is 0.480 e. The summed E-state index contributed by atoms with van der Waals surface area (Å²) in [7, 11) is 0. The number of fused-ring (bicyclic) bond motifs is 9. The number of carbonyl (C=O) groups excluding carboxylic acids is 2. The molecule has 2 aliphatic carbocycles. The Morgan fingerprint density at radius 3 is 2.53 bits per heavy atom. The smallest absolute Gasteiger partial charge is 0.326 e. The number of carbonyl (C=O) groups is 3. The molecule has 7 rings (SSSR count). The fourth-order valence-corrected chi connectivity index (χ4v) is 10.6. The van der Waals surface area contributed by atoms with Crippen LogP contribution in [0.15, 0.2) is 59.6 Å². The summed E-state index contributed by atoms with van der Waals surface area (Å²) in [5.41, 5.74) is 1.09. The third-order valence-corrected chi connectivity index (χ3v) is 11.6. The van der Waals surface area contributed by atoms with E-state index in [0.29, 0.717) is 3.95 Å². The maximum absolute atomic E-state index is 13.6. The molecule has 7 nitrogen and oxygen atoms in total. The minimum absolute atomic E-state index is 0.00155. The molecule has 1 aromatic heterocycles. The van der Waals surface area contributed by atoms with E-state index >= 15 is 0 Å². The molecular weight excluding hydrogens is 541 g/mol. The summed E-state index contributed by atoms with van der Waals surface area (Å²) in [6, 6.07) is 16.6. The van der Waals surface area contributed by atoms with E-state index in [0.717, 1.165) is 38.3 Å². The molecule has 3 heterocycles. The van der Waals surface area contributed by atoms with Crippen LogP contribution in [0.3, 0.4) is 0 Å². The van der Waals surface area contributed by atoms with Crippen LogP contribution in [0.5, 0.6) is 11.5 Å². The number of thiazole rings is 1. The number of H-pyrrole nitrogens is 1. The van der Waals surface area contributed by atoms with Gasteiger partial charge in [-0.3, -0.25) is 14.5 Å². The first-order valence-corrected chi connectivity index (χ1v) is 14.8. The Labute approximate surface area is 232 Å². The van der Waals surface area contributed by atoms with Gasteiger partial charge in [-0.05, 0) is 73.1 Å². The van der Waals surface area contributed by atoms with E-state index in [4.69, 9.17) is 17.0 Å². The minimum atomic E-state index is -1.16. The monoisotopic (exact) mass is 564 g/mol. The van der Waals surface area contributed by atoms with Gasteiger partial charge < -0.3 is 14.8 Å². The van der Waals surface area contributed by atoms with E-state index in [9.17, 15) is 19.5 Å². The molecule has 8 unspecified atom stereocenters. The first-order chi connectivity index (χ1) is 18.3. The number of carboxylic acid groups (broad SMARTS) is 1. The molecule has 2 bridgehead atoms. The third kappa shape index (κ3) is 3.46. The normalized spacial score (nSPS) is 31.6. The number of hydrogen-bond donors (Lipinski definition) is 2. The molecule has 2 saturated carbocycles. The fraction of sp³-hybridized carbons (Fsp3) is 0.357. The Kier molecular flexibility index (Phi) is 5.58. The van der Waals surface area contributed by atoms with E-state index in [1.807, 2.05) is 42.5 Å². The van der Waals surface area contributed by atoms with Crippen molar-refractivity contribution in [2.75, 3.05) is 0 Å². The van der Waals surface area contributed by atoms with Gasteiger partial charge in [0, 0.05) is 16.0 Å². The molecule has 3 aromatic rings. The van der Waals surface area contributed by atoms with Gasteiger partial charge >= 0.3 is 5.97 Å². The van der Waals surface area contributed by atoms with Crippen molar-refractivity contribution in [2.24, 2.45) is 29.6 Å². The van der Waals surface area contributed by atoms with Gasteiger partial charge in [-0.25, -0.2) is 4.79 Å². The molecule has 2 aromatic carbocycles. The molecule has 2 N–H and O–H groups in total. The number of ether oxygens (including phenoxy) is 1. The average Bonchev–Trinajstić information content (AvgIpc) is 3.63. The molecule has 2 aliphatic heterocycles. The molecule has 3 fully saturated rings. The number of imide groups is 1. The molecule has 4 aliphatic rings. The van der Waals surface area contributed by atoms with E-state index in [-0.39, 0.29) is 40.7 Å². The maximum atomic E-state index is 13.6. The second-order valence-electron chi connectivity index (χ2n) is 10.5. The van der Waals surface area contributed by atoms with Gasteiger partial charge in [0.2, 0.25) is 11.8 Å². The Morgan fingerprint density at radius 2 is 1.79 bits per heavy atom. The molecule has 8 atom stereocenters. The summed E-state index contributed by atoms with van der Waals surface area (Å²) < 4.78 is 6.86. The summed E-state index contributed by atoms with van der Waals surface area (Å²) in [4.78, 5) is 44.2. The predicted molar refractivity (Wildman–Crippen MR) is 145 cm³/mol. The number of nitrogens with zero attached hydrogens (tertiary/aromatic N) is 1. The SMILES string of the molecule is CC(C(=O)O)N1C(=O)C2C3CC(C2C1=O)C1C(c2cccc(Oc4ccccc4)c2)c2sc(=S)[nH]c2SC31. The van der Waals surface area contributed by atoms with Crippen molar-refractivity contribution in [3.05, 3.63) is 69.0 Å². The molecule has 1 saturated heterocycles. The van der Waals surface area contributed by atoms with Crippen LogP contribution in [0, 0.1) is 33.5 Å². The number of amides is 2. The van der Waals surface area contributed by atoms with Crippen molar-refractivity contribution >= 4 is 53.1 Å². The zero-order valence-electron chi connectivity index (χ0n) is 20.3. The number of aromatic amines is 1. The summed E-state index contributed by atoms with van der Waals surface area (Å²) in [5, 5.41) is 10.7. The van der Waals surface area contributed by atoms with Crippen LogP contribution in [-0.2, 0) is 14.4 Å². The van der Waals surface area contributed by atoms with Crippen molar-refractivity contribution in [2.45, 2.75) is 35.6 Å². The quantitative estimate of drug-likeness (QED) is 0.310. The highest BCUT2D eigenvalue weighted by molar-refractivity contribution is 8.00. The number of aromatic nitrogens is 1. The molecule has 0 spiro atoms. The van der Waals surface area contributed by atoms with Crippen molar-refractivity contribution in [3.8, 4) is 11.5 Å². The number of hydrogen-bond acceptors (Lipinski definition) is 7. The number of para-hydroxylation sites is 1. The van der Waals surface area contributed by atoms with Gasteiger partial charge in [-0.2, -0.15) is 0 Å². The van der Waals surface area contributed by atoms with Crippen LogP contribution >= 0.6 is 35.3 Å². The van der Waals surface area contributed by atoms with Crippen LogP contribution in [0.4, 0.5) is 0 Å². The van der Waals surface area contributed by atoms with Crippen molar-refractivity contribution in [1.82, 2.24) is 9.88 Å². The molecule has 194 valence electrons. The lowest BCUT2D eigenvalue weighted by Gasteiger charge is -2.43. The number of thioether (sulfide) groups is 1. The zero-order valence-corrected chi connectivity index (χ0v) is 22.7. The van der Waals surface area contributed by atoms with Crippen LogP contribution in [0.2, 0.25) is 0 Å². The number of nitrogens with one attached hydrogen (secondary N) is 1. The zero-order chi connectivity index (χ0) is 26.3. The van der Waals surface area contributed by atoms with Crippen molar-refractivity contribution in [3.63, 3.8) is 0 Å². The van der Waals surface area contributed by atoms with Gasteiger partial charge in [-0.15, -0.1) is 23.1 Å². The van der Waals surface area contributed by atoms with Crippen LogP contribution in [0.25, 0.3) is 0 Å². The summed E-state index contributed by atoms with van der Waals surface area (Å²) in [6.07, 6.45) is 0.802. The lowest BCUT2D eigenvalue weighted by molar-refractivity contribution is -0.154. The van der Waals surface area contributed by atoms with Crippen LogP contribution in [0.1, 0.15) is 29.7 Å². The summed E-state index contributed by atoms with van der Waals surface area (Å²) in [5.74, 6) is -1.07. The first-order valence-electron chi connectivity index (χ1n) is 12.7. The Bertz CT molecular complexity index is 1530. The highest BCUT2D eigenvalue weighted by Crippen LogP contribution is 2.69. The number of likely N-dealkylation sites (tertiary alicyclic amines) is 1. The van der Waals surface area contributed by atoms with E-state index in [2.05, 4.69) is 17.1 Å². The highest BCUT2D eigenvalue weighted by Gasteiger charge is 2.70. The van der Waals surface area contributed by atoms with Crippen molar-refractivity contribution in [1.29, 1.82) is 0 Å². The second kappa shape index (κ2) is 8.79.